The van der Waals surface area contributed by atoms with Crippen LogP contribution in [0.5, 0.6) is 0 Å². The van der Waals surface area contributed by atoms with Crippen molar-refractivity contribution in [3.63, 3.8) is 0 Å². The molecule has 3 heteroatoms. The molecular formula is C16H32N2O. The predicted octanol–water partition coefficient (Wildman–Crippen LogP) is 2.66. The van der Waals surface area contributed by atoms with Crippen LogP contribution in [0, 0.1) is 5.41 Å². The van der Waals surface area contributed by atoms with Gasteiger partial charge in [-0.2, -0.15) is 0 Å². The third-order valence-corrected chi connectivity index (χ3v) is 4.71. The third kappa shape index (κ3) is 5.05. The lowest BCUT2D eigenvalue weighted by atomic mass is 9.85. The SMILES string of the molecule is CCNCC1CCC(CN2CCCC(C)(C)CC2)O1. The second kappa shape index (κ2) is 7.05. The Morgan fingerprint density at radius 3 is 2.74 bits per heavy atom. The average Bonchev–Trinajstić information content (AvgIpc) is 2.73. The van der Waals surface area contributed by atoms with Gasteiger partial charge in [0, 0.05) is 13.1 Å². The summed E-state index contributed by atoms with van der Waals surface area (Å²) in [6.07, 6.45) is 7.46. The minimum atomic E-state index is 0.452. The lowest BCUT2D eigenvalue weighted by Crippen LogP contribution is -2.35. The highest BCUT2D eigenvalue weighted by molar-refractivity contribution is 4.81. The van der Waals surface area contributed by atoms with Crippen molar-refractivity contribution < 1.29 is 4.74 Å². The summed E-state index contributed by atoms with van der Waals surface area (Å²) >= 11 is 0. The van der Waals surface area contributed by atoms with Gasteiger partial charge in [0.2, 0.25) is 0 Å². The maximum atomic E-state index is 6.15. The molecular weight excluding hydrogens is 236 g/mol. The fraction of sp³-hybridized carbons (Fsp3) is 1.00. The van der Waals surface area contributed by atoms with Crippen LogP contribution in [0.3, 0.4) is 0 Å². The molecule has 2 unspecified atom stereocenters. The first-order valence-corrected chi connectivity index (χ1v) is 8.17. The van der Waals surface area contributed by atoms with Gasteiger partial charge in [0.1, 0.15) is 0 Å². The summed E-state index contributed by atoms with van der Waals surface area (Å²) in [4.78, 5) is 2.63. The Balaban J connectivity index is 1.70. The van der Waals surface area contributed by atoms with Crippen LogP contribution in [0.4, 0.5) is 0 Å². The summed E-state index contributed by atoms with van der Waals surface area (Å²) in [6.45, 7) is 12.7. The molecule has 2 fully saturated rings. The Hall–Kier alpha value is -0.120. The van der Waals surface area contributed by atoms with Crippen LogP contribution in [0.1, 0.15) is 52.9 Å². The van der Waals surface area contributed by atoms with E-state index >= 15 is 0 Å². The van der Waals surface area contributed by atoms with Crippen LogP contribution in [0.2, 0.25) is 0 Å². The smallest absolute Gasteiger partial charge is 0.0707 e. The number of rotatable bonds is 5. The minimum Gasteiger partial charge on any atom is -0.372 e. The fourth-order valence-corrected chi connectivity index (χ4v) is 3.32. The third-order valence-electron chi connectivity index (χ3n) is 4.71. The van der Waals surface area contributed by atoms with Crippen molar-refractivity contribution in [1.29, 1.82) is 0 Å². The first-order chi connectivity index (χ1) is 9.09. The highest BCUT2D eigenvalue weighted by Gasteiger charge is 2.28. The Morgan fingerprint density at radius 1 is 1.16 bits per heavy atom. The van der Waals surface area contributed by atoms with Crippen molar-refractivity contribution in [2.75, 3.05) is 32.7 Å². The van der Waals surface area contributed by atoms with Gasteiger partial charge in [0.25, 0.3) is 0 Å². The van der Waals surface area contributed by atoms with Crippen molar-refractivity contribution in [3.05, 3.63) is 0 Å². The van der Waals surface area contributed by atoms with Gasteiger partial charge in [-0.05, 0) is 57.2 Å². The van der Waals surface area contributed by atoms with Crippen molar-refractivity contribution in [1.82, 2.24) is 10.2 Å². The normalized spacial score (nSPS) is 32.4. The second-order valence-corrected chi connectivity index (χ2v) is 7.08. The summed E-state index contributed by atoms with van der Waals surface area (Å²) in [6, 6.07) is 0. The molecule has 1 N–H and O–H groups in total. The number of hydrogen-bond donors (Lipinski definition) is 1. The van der Waals surface area contributed by atoms with Crippen LogP contribution in [-0.4, -0.2) is 49.8 Å². The second-order valence-electron chi connectivity index (χ2n) is 7.08. The van der Waals surface area contributed by atoms with Gasteiger partial charge < -0.3 is 15.0 Å². The first kappa shape index (κ1) is 15.3. The molecule has 112 valence electrons. The molecule has 0 aromatic rings. The average molecular weight is 268 g/mol. The zero-order valence-corrected chi connectivity index (χ0v) is 13.1. The maximum absolute atomic E-state index is 6.15. The van der Waals surface area contributed by atoms with E-state index in [1.54, 1.807) is 0 Å². The largest absolute Gasteiger partial charge is 0.372 e. The van der Waals surface area contributed by atoms with Crippen LogP contribution in [-0.2, 0) is 4.74 Å². The van der Waals surface area contributed by atoms with Crippen molar-refractivity contribution in [2.45, 2.75) is 65.1 Å². The number of hydrogen-bond acceptors (Lipinski definition) is 3. The maximum Gasteiger partial charge on any atom is 0.0707 e. The monoisotopic (exact) mass is 268 g/mol. The lowest BCUT2D eigenvalue weighted by Gasteiger charge is -2.25. The molecule has 0 radical (unpaired) electrons. The molecule has 2 atom stereocenters. The molecule has 0 aliphatic carbocycles. The van der Waals surface area contributed by atoms with Crippen LogP contribution < -0.4 is 5.32 Å². The van der Waals surface area contributed by atoms with Gasteiger partial charge in [-0.25, -0.2) is 0 Å². The summed E-state index contributed by atoms with van der Waals surface area (Å²) in [5.41, 5.74) is 0.541. The van der Waals surface area contributed by atoms with Crippen molar-refractivity contribution in [3.8, 4) is 0 Å². The fourth-order valence-electron chi connectivity index (χ4n) is 3.32. The highest BCUT2D eigenvalue weighted by Crippen LogP contribution is 2.30. The van der Waals surface area contributed by atoms with E-state index in [1.807, 2.05) is 0 Å². The van der Waals surface area contributed by atoms with Gasteiger partial charge >= 0.3 is 0 Å². The minimum absolute atomic E-state index is 0.452. The molecule has 2 saturated heterocycles. The van der Waals surface area contributed by atoms with Crippen LogP contribution in [0.25, 0.3) is 0 Å². The molecule has 0 amide bonds. The molecule has 3 nitrogen and oxygen atoms in total. The van der Waals surface area contributed by atoms with Crippen molar-refractivity contribution >= 4 is 0 Å². The molecule has 2 heterocycles. The molecule has 0 spiro atoms. The van der Waals surface area contributed by atoms with E-state index in [2.05, 4.69) is 31.0 Å². The van der Waals surface area contributed by atoms with Gasteiger partial charge in [0.15, 0.2) is 0 Å². The van der Waals surface area contributed by atoms with Gasteiger partial charge in [0.05, 0.1) is 12.2 Å². The summed E-state index contributed by atoms with van der Waals surface area (Å²) in [7, 11) is 0. The van der Waals surface area contributed by atoms with Gasteiger partial charge in [-0.1, -0.05) is 20.8 Å². The van der Waals surface area contributed by atoms with E-state index in [0.29, 0.717) is 17.6 Å². The lowest BCUT2D eigenvalue weighted by molar-refractivity contribution is 0.0237. The zero-order valence-electron chi connectivity index (χ0n) is 13.1. The van der Waals surface area contributed by atoms with E-state index in [-0.39, 0.29) is 0 Å². The molecule has 0 bridgehead atoms. The van der Waals surface area contributed by atoms with E-state index < -0.39 is 0 Å². The summed E-state index contributed by atoms with van der Waals surface area (Å²) in [5, 5.41) is 3.40. The Morgan fingerprint density at radius 2 is 1.95 bits per heavy atom. The Labute approximate surface area is 119 Å². The number of likely N-dealkylation sites (N-methyl/N-ethyl adjacent to an activating group) is 1. The molecule has 0 aromatic heterocycles. The van der Waals surface area contributed by atoms with Crippen molar-refractivity contribution in [2.24, 2.45) is 5.41 Å². The first-order valence-electron chi connectivity index (χ1n) is 8.17. The van der Waals surface area contributed by atoms with Crippen LogP contribution in [0.15, 0.2) is 0 Å². The van der Waals surface area contributed by atoms with E-state index in [0.717, 1.165) is 19.6 Å². The quantitative estimate of drug-likeness (QED) is 0.829. The highest BCUT2D eigenvalue weighted by atomic mass is 16.5. The Bertz CT molecular complexity index is 267. The van der Waals surface area contributed by atoms with E-state index in [4.69, 9.17) is 4.74 Å². The van der Waals surface area contributed by atoms with Crippen LogP contribution >= 0.6 is 0 Å². The molecule has 2 aliphatic heterocycles. The number of nitrogens with one attached hydrogen (secondary N) is 1. The molecule has 0 aromatic carbocycles. The van der Waals surface area contributed by atoms with Gasteiger partial charge in [-0.15, -0.1) is 0 Å². The van der Waals surface area contributed by atoms with E-state index in [1.165, 1.54) is 45.2 Å². The number of nitrogens with zero attached hydrogens (tertiary/aromatic N) is 1. The number of likely N-dealkylation sites (tertiary alicyclic amines) is 1. The molecule has 19 heavy (non-hydrogen) atoms. The Kier molecular flexibility index (Phi) is 5.67. The molecule has 2 aliphatic rings. The summed E-state index contributed by atoms with van der Waals surface area (Å²) in [5.74, 6) is 0. The van der Waals surface area contributed by atoms with Gasteiger partial charge in [-0.3, -0.25) is 0 Å². The predicted molar refractivity (Wildman–Crippen MR) is 80.5 cm³/mol. The standard InChI is InChI=1S/C16H32N2O/c1-4-17-12-14-6-7-15(19-14)13-18-10-5-8-16(2,3)9-11-18/h14-15,17H,4-13H2,1-3H3. The topological polar surface area (TPSA) is 24.5 Å². The zero-order chi connectivity index (χ0) is 13.7. The number of ether oxygens (including phenoxy) is 1. The van der Waals surface area contributed by atoms with E-state index in [9.17, 15) is 0 Å². The molecule has 0 saturated carbocycles. The molecule has 2 rings (SSSR count). The summed E-state index contributed by atoms with van der Waals surface area (Å²) < 4.78 is 6.15.